The lowest BCUT2D eigenvalue weighted by Gasteiger charge is -2.07. The molecule has 126 valence electrons. The van der Waals surface area contributed by atoms with Crippen LogP contribution in [-0.2, 0) is 11.2 Å². The first kappa shape index (κ1) is 16.7. The molecule has 0 unspecified atom stereocenters. The van der Waals surface area contributed by atoms with Gasteiger partial charge in [-0.1, -0.05) is 35.9 Å². The van der Waals surface area contributed by atoms with E-state index in [1.807, 2.05) is 37.3 Å². The van der Waals surface area contributed by atoms with Gasteiger partial charge in [0.1, 0.15) is 11.5 Å². The predicted molar refractivity (Wildman–Crippen MR) is 95.9 cm³/mol. The van der Waals surface area contributed by atoms with Crippen molar-refractivity contribution >= 4 is 5.97 Å². The molecule has 0 saturated heterocycles. The van der Waals surface area contributed by atoms with Crippen LogP contribution in [0.5, 0.6) is 17.4 Å². The minimum absolute atomic E-state index is 0.250. The van der Waals surface area contributed by atoms with E-state index in [4.69, 9.17) is 9.47 Å². The lowest BCUT2D eigenvalue weighted by atomic mass is 10.1. The quantitative estimate of drug-likeness (QED) is 0.484. The summed E-state index contributed by atoms with van der Waals surface area (Å²) in [5.41, 5.74) is 2.32. The Kier molecular flexibility index (Phi) is 5.42. The van der Waals surface area contributed by atoms with Crippen molar-refractivity contribution in [3.63, 3.8) is 0 Å². The highest BCUT2D eigenvalue weighted by Crippen LogP contribution is 2.22. The molecule has 0 radical (unpaired) electrons. The van der Waals surface area contributed by atoms with Gasteiger partial charge in [-0.25, -0.2) is 4.98 Å². The maximum Gasteiger partial charge on any atom is 0.311 e. The van der Waals surface area contributed by atoms with E-state index in [1.54, 1.807) is 36.5 Å². The topological polar surface area (TPSA) is 48.4 Å². The van der Waals surface area contributed by atoms with Crippen molar-refractivity contribution in [2.45, 2.75) is 19.8 Å². The number of hydrogen-bond donors (Lipinski definition) is 0. The minimum atomic E-state index is -0.250. The Hall–Kier alpha value is -3.14. The Morgan fingerprint density at radius 2 is 1.76 bits per heavy atom. The molecule has 0 atom stereocenters. The van der Waals surface area contributed by atoms with E-state index >= 15 is 0 Å². The highest BCUT2D eigenvalue weighted by Gasteiger charge is 2.06. The highest BCUT2D eigenvalue weighted by atomic mass is 16.5. The van der Waals surface area contributed by atoms with Gasteiger partial charge in [-0.05, 0) is 49.2 Å². The van der Waals surface area contributed by atoms with Crippen LogP contribution < -0.4 is 9.47 Å². The Balaban J connectivity index is 1.51. The molecule has 4 nitrogen and oxygen atoms in total. The minimum Gasteiger partial charge on any atom is -0.439 e. The number of rotatable bonds is 6. The van der Waals surface area contributed by atoms with Crippen molar-refractivity contribution in [3.8, 4) is 17.4 Å². The zero-order valence-electron chi connectivity index (χ0n) is 14.0. The SMILES string of the molecule is Cc1cccc(CCC(=O)Oc2ccc(Oc3ccccn3)cc2)c1. The average molecular weight is 333 g/mol. The zero-order chi connectivity index (χ0) is 17.5. The van der Waals surface area contributed by atoms with Crippen LogP contribution in [0.25, 0.3) is 0 Å². The van der Waals surface area contributed by atoms with E-state index in [0.717, 1.165) is 5.56 Å². The number of pyridine rings is 1. The molecule has 3 aromatic rings. The molecule has 0 amide bonds. The van der Waals surface area contributed by atoms with Gasteiger partial charge in [0, 0.05) is 18.7 Å². The van der Waals surface area contributed by atoms with Crippen LogP contribution in [0.15, 0.2) is 72.9 Å². The molecule has 0 bridgehead atoms. The standard InChI is InChI=1S/C21H19NO3/c1-16-5-4-6-17(15-16)8-13-21(23)25-19-11-9-18(10-12-19)24-20-7-2-3-14-22-20/h2-7,9-12,14-15H,8,13H2,1H3. The van der Waals surface area contributed by atoms with Crippen molar-refractivity contribution < 1.29 is 14.3 Å². The monoisotopic (exact) mass is 333 g/mol. The second kappa shape index (κ2) is 8.11. The summed E-state index contributed by atoms with van der Waals surface area (Å²) >= 11 is 0. The molecule has 2 aromatic carbocycles. The van der Waals surface area contributed by atoms with E-state index in [-0.39, 0.29) is 5.97 Å². The van der Waals surface area contributed by atoms with E-state index in [0.29, 0.717) is 30.2 Å². The van der Waals surface area contributed by atoms with Crippen LogP contribution >= 0.6 is 0 Å². The number of esters is 1. The third-order valence-electron chi connectivity index (χ3n) is 3.62. The van der Waals surface area contributed by atoms with Gasteiger partial charge in [0.05, 0.1) is 0 Å². The summed E-state index contributed by atoms with van der Waals surface area (Å²) in [6, 6.07) is 20.5. The molecule has 1 heterocycles. The number of carbonyl (C=O) groups excluding carboxylic acids is 1. The molecule has 25 heavy (non-hydrogen) atoms. The van der Waals surface area contributed by atoms with Gasteiger partial charge >= 0.3 is 5.97 Å². The Morgan fingerprint density at radius 1 is 0.960 bits per heavy atom. The number of aromatic nitrogens is 1. The van der Waals surface area contributed by atoms with Gasteiger partial charge in [-0.15, -0.1) is 0 Å². The zero-order valence-corrected chi connectivity index (χ0v) is 14.0. The molecule has 3 rings (SSSR count). The summed E-state index contributed by atoms with van der Waals surface area (Å²) < 4.78 is 11.0. The number of nitrogens with zero attached hydrogens (tertiary/aromatic N) is 1. The third-order valence-corrected chi connectivity index (χ3v) is 3.62. The number of ether oxygens (including phenoxy) is 2. The highest BCUT2D eigenvalue weighted by molar-refractivity contribution is 5.72. The smallest absolute Gasteiger partial charge is 0.311 e. The summed E-state index contributed by atoms with van der Waals surface area (Å²) in [6.45, 7) is 2.04. The summed E-state index contributed by atoms with van der Waals surface area (Å²) in [5.74, 6) is 1.41. The molecule has 0 N–H and O–H groups in total. The predicted octanol–water partition coefficient (Wildman–Crippen LogP) is 4.72. The van der Waals surface area contributed by atoms with Crippen LogP contribution in [0.3, 0.4) is 0 Å². The van der Waals surface area contributed by atoms with Gasteiger partial charge in [0.2, 0.25) is 5.88 Å². The van der Waals surface area contributed by atoms with Crippen LogP contribution in [-0.4, -0.2) is 11.0 Å². The van der Waals surface area contributed by atoms with Gasteiger partial charge in [0.15, 0.2) is 0 Å². The van der Waals surface area contributed by atoms with Crippen LogP contribution in [0.4, 0.5) is 0 Å². The van der Waals surface area contributed by atoms with E-state index in [2.05, 4.69) is 11.1 Å². The molecule has 0 aliphatic heterocycles. The molecule has 0 saturated carbocycles. The fourth-order valence-electron chi connectivity index (χ4n) is 2.40. The first-order chi connectivity index (χ1) is 12.2. The average Bonchev–Trinajstić information content (AvgIpc) is 2.63. The normalized spacial score (nSPS) is 10.3. The Bertz CT molecular complexity index is 829. The summed E-state index contributed by atoms with van der Waals surface area (Å²) in [6.07, 6.45) is 2.68. The number of benzene rings is 2. The van der Waals surface area contributed by atoms with Gasteiger partial charge in [-0.2, -0.15) is 0 Å². The van der Waals surface area contributed by atoms with Crippen molar-refractivity contribution in [1.82, 2.24) is 4.98 Å². The van der Waals surface area contributed by atoms with Crippen molar-refractivity contribution in [1.29, 1.82) is 0 Å². The fourth-order valence-corrected chi connectivity index (χ4v) is 2.40. The molecule has 0 aliphatic rings. The first-order valence-corrected chi connectivity index (χ1v) is 8.14. The summed E-state index contributed by atoms with van der Waals surface area (Å²) in [7, 11) is 0. The van der Waals surface area contributed by atoms with Gasteiger partial charge in [0.25, 0.3) is 0 Å². The lowest BCUT2D eigenvalue weighted by molar-refractivity contribution is -0.134. The van der Waals surface area contributed by atoms with E-state index < -0.39 is 0 Å². The molecule has 0 aliphatic carbocycles. The Labute approximate surface area is 147 Å². The maximum atomic E-state index is 12.0. The van der Waals surface area contributed by atoms with E-state index in [1.165, 1.54) is 5.56 Å². The first-order valence-electron chi connectivity index (χ1n) is 8.14. The fraction of sp³-hybridized carbons (Fsp3) is 0.143. The second-order valence-corrected chi connectivity index (χ2v) is 5.70. The molecule has 0 spiro atoms. The third kappa shape index (κ3) is 5.18. The van der Waals surface area contributed by atoms with Crippen LogP contribution in [0.1, 0.15) is 17.5 Å². The number of aryl methyl sites for hydroxylation is 2. The Morgan fingerprint density at radius 3 is 2.48 bits per heavy atom. The largest absolute Gasteiger partial charge is 0.439 e. The molecule has 4 heteroatoms. The molecule has 1 aromatic heterocycles. The molecular formula is C21H19NO3. The van der Waals surface area contributed by atoms with Crippen LogP contribution in [0, 0.1) is 6.92 Å². The van der Waals surface area contributed by atoms with Crippen molar-refractivity contribution in [2.75, 3.05) is 0 Å². The molecular weight excluding hydrogens is 314 g/mol. The number of hydrogen-bond acceptors (Lipinski definition) is 4. The lowest BCUT2D eigenvalue weighted by Crippen LogP contribution is -2.09. The second-order valence-electron chi connectivity index (χ2n) is 5.70. The number of carbonyl (C=O) groups is 1. The van der Waals surface area contributed by atoms with E-state index in [9.17, 15) is 4.79 Å². The molecule has 0 fully saturated rings. The van der Waals surface area contributed by atoms with Crippen LogP contribution in [0.2, 0.25) is 0 Å². The summed E-state index contributed by atoms with van der Waals surface area (Å²) in [4.78, 5) is 16.1. The van der Waals surface area contributed by atoms with Gasteiger partial charge in [-0.3, -0.25) is 4.79 Å². The van der Waals surface area contributed by atoms with Crippen molar-refractivity contribution in [2.24, 2.45) is 0 Å². The summed E-state index contributed by atoms with van der Waals surface area (Å²) in [5, 5.41) is 0. The van der Waals surface area contributed by atoms with Gasteiger partial charge < -0.3 is 9.47 Å². The van der Waals surface area contributed by atoms with Crippen molar-refractivity contribution in [3.05, 3.63) is 84.1 Å². The maximum absolute atomic E-state index is 12.0.